The van der Waals surface area contributed by atoms with E-state index >= 15 is 0 Å². The average molecular weight is 333 g/mol. The van der Waals surface area contributed by atoms with Crippen molar-refractivity contribution in [3.8, 4) is 5.75 Å². The number of aryl methyl sites for hydroxylation is 2. The molecule has 0 aliphatic heterocycles. The standard InChI is InChI=1S/C17H17ClN2O3/c18-13-9-11(6-7-15(13)21)19-16(22)12-8-10-4-2-1-3-5-14(10)20-17(12)23/h6-9,21H,1-5H2,(H,19,22)(H,20,23). The molecule has 1 aromatic heterocycles. The molecule has 2 aromatic rings. The van der Waals surface area contributed by atoms with Crippen molar-refractivity contribution >= 4 is 23.2 Å². The predicted octanol–water partition coefficient (Wildman–Crippen LogP) is 3.26. The number of carbonyl (C=O) groups is 1. The van der Waals surface area contributed by atoms with E-state index in [0.717, 1.165) is 43.4 Å². The summed E-state index contributed by atoms with van der Waals surface area (Å²) in [4.78, 5) is 27.4. The number of pyridine rings is 1. The van der Waals surface area contributed by atoms with Gasteiger partial charge in [0.25, 0.3) is 11.5 Å². The van der Waals surface area contributed by atoms with E-state index < -0.39 is 5.91 Å². The molecule has 0 unspecified atom stereocenters. The number of carbonyl (C=O) groups excluding carboxylic acids is 1. The molecule has 120 valence electrons. The number of H-pyrrole nitrogens is 1. The second-order valence-electron chi connectivity index (χ2n) is 5.70. The summed E-state index contributed by atoms with van der Waals surface area (Å²) in [5, 5.41) is 12.2. The third-order valence-corrected chi connectivity index (χ3v) is 4.34. The number of anilines is 1. The van der Waals surface area contributed by atoms with Crippen molar-refractivity contribution in [1.29, 1.82) is 0 Å². The molecule has 3 rings (SSSR count). The number of hydrogen-bond acceptors (Lipinski definition) is 3. The number of amides is 1. The van der Waals surface area contributed by atoms with E-state index in [2.05, 4.69) is 10.3 Å². The van der Waals surface area contributed by atoms with Gasteiger partial charge in [-0.3, -0.25) is 9.59 Å². The number of phenolic OH excluding ortho intramolecular Hbond substituents is 1. The molecular weight excluding hydrogens is 316 g/mol. The molecule has 0 radical (unpaired) electrons. The van der Waals surface area contributed by atoms with Gasteiger partial charge in [0.15, 0.2) is 0 Å². The van der Waals surface area contributed by atoms with Crippen LogP contribution in [0.5, 0.6) is 5.75 Å². The topological polar surface area (TPSA) is 82.2 Å². The van der Waals surface area contributed by atoms with Crippen LogP contribution in [0.4, 0.5) is 5.69 Å². The highest BCUT2D eigenvalue weighted by Crippen LogP contribution is 2.26. The number of phenols is 1. The van der Waals surface area contributed by atoms with E-state index in [1.807, 2.05) is 0 Å². The Balaban J connectivity index is 1.88. The van der Waals surface area contributed by atoms with Crippen LogP contribution in [0.15, 0.2) is 29.1 Å². The number of hydrogen-bond donors (Lipinski definition) is 3. The lowest BCUT2D eigenvalue weighted by atomic mass is 10.1. The first-order valence-corrected chi connectivity index (χ1v) is 7.97. The highest BCUT2D eigenvalue weighted by atomic mass is 35.5. The highest BCUT2D eigenvalue weighted by Gasteiger charge is 2.16. The SMILES string of the molecule is O=C(Nc1ccc(O)c(Cl)c1)c1cc2c([nH]c1=O)CCCCC2. The van der Waals surface area contributed by atoms with Crippen LogP contribution in [0, 0.1) is 0 Å². The van der Waals surface area contributed by atoms with Gasteiger partial charge in [0.2, 0.25) is 0 Å². The number of rotatable bonds is 2. The molecule has 1 aliphatic rings. The first-order chi connectivity index (χ1) is 11.0. The molecule has 1 heterocycles. The molecule has 23 heavy (non-hydrogen) atoms. The quantitative estimate of drug-likeness (QED) is 0.583. The van der Waals surface area contributed by atoms with Crippen molar-refractivity contribution in [3.05, 3.63) is 56.5 Å². The van der Waals surface area contributed by atoms with Gasteiger partial charge >= 0.3 is 0 Å². The van der Waals surface area contributed by atoms with Crippen LogP contribution in [0.2, 0.25) is 5.02 Å². The maximum atomic E-state index is 12.4. The monoisotopic (exact) mass is 332 g/mol. The summed E-state index contributed by atoms with van der Waals surface area (Å²) in [6.07, 6.45) is 4.97. The normalized spacial score (nSPS) is 14.0. The molecule has 0 fully saturated rings. The van der Waals surface area contributed by atoms with Crippen molar-refractivity contribution < 1.29 is 9.90 Å². The van der Waals surface area contributed by atoms with Gasteiger partial charge in [-0.1, -0.05) is 18.0 Å². The van der Waals surface area contributed by atoms with Crippen LogP contribution in [0.3, 0.4) is 0 Å². The van der Waals surface area contributed by atoms with Gasteiger partial charge in [-0.25, -0.2) is 0 Å². The zero-order valence-electron chi connectivity index (χ0n) is 12.5. The van der Waals surface area contributed by atoms with Gasteiger partial charge in [-0.2, -0.15) is 0 Å². The molecule has 3 N–H and O–H groups in total. The van der Waals surface area contributed by atoms with Crippen LogP contribution in [-0.4, -0.2) is 16.0 Å². The molecule has 1 amide bonds. The Bertz CT molecular complexity index is 814. The lowest BCUT2D eigenvalue weighted by molar-refractivity contribution is 0.102. The fraction of sp³-hybridized carbons (Fsp3) is 0.294. The maximum absolute atomic E-state index is 12.4. The summed E-state index contributed by atoms with van der Waals surface area (Å²) < 4.78 is 0. The maximum Gasteiger partial charge on any atom is 0.261 e. The van der Waals surface area contributed by atoms with Gasteiger partial charge < -0.3 is 15.4 Å². The Kier molecular flexibility index (Phi) is 4.39. The zero-order chi connectivity index (χ0) is 16.4. The van der Waals surface area contributed by atoms with E-state index in [0.29, 0.717) is 5.69 Å². The van der Waals surface area contributed by atoms with Gasteiger partial charge in [0.05, 0.1) is 5.02 Å². The fourth-order valence-corrected chi connectivity index (χ4v) is 2.98. The summed E-state index contributed by atoms with van der Waals surface area (Å²) in [7, 11) is 0. The average Bonchev–Trinajstić information content (AvgIpc) is 2.74. The Labute approximate surface area is 138 Å². The summed E-state index contributed by atoms with van der Waals surface area (Å²) in [6, 6.07) is 6.04. The molecule has 1 aliphatic carbocycles. The van der Waals surface area contributed by atoms with Crippen LogP contribution in [0.1, 0.15) is 40.9 Å². The summed E-state index contributed by atoms with van der Waals surface area (Å²) in [6.45, 7) is 0. The van der Waals surface area contributed by atoms with Gasteiger partial charge in [-0.05, 0) is 55.5 Å². The lowest BCUT2D eigenvalue weighted by Crippen LogP contribution is -2.25. The fourth-order valence-electron chi connectivity index (χ4n) is 2.80. The molecular formula is C17H17ClN2O3. The zero-order valence-corrected chi connectivity index (χ0v) is 13.2. The first kappa shape index (κ1) is 15.6. The molecule has 0 spiro atoms. The van der Waals surface area contributed by atoms with Crippen LogP contribution >= 0.6 is 11.6 Å². The summed E-state index contributed by atoms with van der Waals surface area (Å²) in [5.74, 6) is -0.549. The second-order valence-corrected chi connectivity index (χ2v) is 6.10. The third kappa shape index (κ3) is 3.40. The molecule has 0 saturated carbocycles. The second kappa shape index (κ2) is 6.46. The summed E-state index contributed by atoms with van der Waals surface area (Å²) in [5.41, 5.74) is 2.11. The number of aromatic nitrogens is 1. The van der Waals surface area contributed by atoms with Crippen LogP contribution in [0.25, 0.3) is 0 Å². The van der Waals surface area contributed by atoms with Crippen LogP contribution in [-0.2, 0) is 12.8 Å². The Hall–Kier alpha value is -2.27. The number of benzene rings is 1. The van der Waals surface area contributed by atoms with E-state index in [-0.39, 0.29) is 21.9 Å². The van der Waals surface area contributed by atoms with Gasteiger partial charge in [0, 0.05) is 11.4 Å². The minimum Gasteiger partial charge on any atom is -0.506 e. The Morgan fingerprint density at radius 1 is 1.17 bits per heavy atom. The molecule has 0 bridgehead atoms. The van der Waals surface area contributed by atoms with Crippen molar-refractivity contribution in [2.75, 3.05) is 5.32 Å². The Morgan fingerprint density at radius 3 is 2.74 bits per heavy atom. The van der Waals surface area contributed by atoms with E-state index in [9.17, 15) is 14.7 Å². The van der Waals surface area contributed by atoms with Crippen LogP contribution < -0.4 is 10.9 Å². The van der Waals surface area contributed by atoms with Crippen molar-refractivity contribution in [2.24, 2.45) is 0 Å². The number of aromatic amines is 1. The van der Waals surface area contributed by atoms with E-state index in [1.54, 1.807) is 6.07 Å². The molecule has 5 nitrogen and oxygen atoms in total. The van der Waals surface area contributed by atoms with E-state index in [1.165, 1.54) is 18.2 Å². The first-order valence-electron chi connectivity index (χ1n) is 7.59. The minimum absolute atomic E-state index is 0.0625. The highest BCUT2D eigenvalue weighted by molar-refractivity contribution is 6.32. The van der Waals surface area contributed by atoms with Crippen molar-refractivity contribution in [3.63, 3.8) is 0 Å². The number of halogens is 1. The molecule has 1 aromatic carbocycles. The Morgan fingerprint density at radius 2 is 1.96 bits per heavy atom. The largest absolute Gasteiger partial charge is 0.506 e. The predicted molar refractivity (Wildman–Crippen MR) is 89.4 cm³/mol. The van der Waals surface area contributed by atoms with Gasteiger partial charge in [-0.15, -0.1) is 0 Å². The molecule has 6 heteroatoms. The lowest BCUT2D eigenvalue weighted by Gasteiger charge is -2.09. The van der Waals surface area contributed by atoms with Gasteiger partial charge in [0.1, 0.15) is 11.3 Å². The summed E-state index contributed by atoms with van der Waals surface area (Å²) >= 11 is 5.82. The number of aromatic hydroxyl groups is 1. The molecule has 0 atom stereocenters. The van der Waals surface area contributed by atoms with Crippen molar-refractivity contribution in [2.45, 2.75) is 32.1 Å². The van der Waals surface area contributed by atoms with Crippen molar-refractivity contribution in [1.82, 2.24) is 4.98 Å². The number of fused-ring (bicyclic) bond motifs is 1. The minimum atomic E-state index is -0.486. The smallest absolute Gasteiger partial charge is 0.261 e. The van der Waals surface area contributed by atoms with E-state index in [4.69, 9.17) is 11.6 Å². The number of nitrogens with one attached hydrogen (secondary N) is 2. The third-order valence-electron chi connectivity index (χ3n) is 4.04. The molecule has 0 saturated heterocycles.